The molecule has 1 atom stereocenters. The number of carbonyl (C=O) groups is 3. The summed E-state index contributed by atoms with van der Waals surface area (Å²) in [5.41, 5.74) is 0.768. The highest BCUT2D eigenvalue weighted by Crippen LogP contribution is 2.16. The Labute approximate surface area is 144 Å². The molecule has 4 amide bonds. The summed E-state index contributed by atoms with van der Waals surface area (Å²) in [6, 6.07) is 5.33. The largest absolute Gasteiger partial charge is 0.376 e. The number of halogens is 1. The van der Waals surface area contributed by atoms with Gasteiger partial charge in [0.15, 0.2) is 0 Å². The summed E-state index contributed by atoms with van der Waals surface area (Å²) in [5.74, 6) is -1.11. The van der Waals surface area contributed by atoms with Crippen LogP contribution in [0.15, 0.2) is 24.3 Å². The molecule has 25 heavy (non-hydrogen) atoms. The van der Waals surface area contributed by atoms with Crippen LogP contribution in [0.2, 0.25) is 0 Å². The van der Waals surface area contributed by atoms with Gasteiger partial charge < -0.3 is 15.0 Å². The molecule has 0 spiro atoms. The van der Waals surface area contributed by atoms with Crippen molar-refractivity contribution >= 4 is 17.8 Å². The highest BCUT2D eigenvalue weighted by atomic mass is 19.1. The number of imide groups is 1. The number of amides is 4. The van der Waals surface area contributed by atoms with Gasteiger partial charge in [0.25, 0.3) is 5.91 Å². The van der Waals surface area contributed by atoms with Crippen molar-refractivity contribution in [2.24, 2.45) is 0 Å². The van der Waals surface area contributed by atoms with Gasteiger partial charge in [0.2, 0.25) is 5.91 Å². The third kappa shape index (κ3) is 4.33. The maximum Gasteiger partial charge on any atom is 0.325 e. The number of nitrogens with one attached hydrogen (secondary N) is 1. The molecular weight excluding hydrogens is 329 g/mol. The summed E-state index contributed by atoms with van der Waals surface area (Å²) in [4.78, 5) is 38.5. The van der Waals surface area contributed by atoms with Crippen molar-refractivity contribution in [1.29, 1.82) is 0 Å². The van der Waals surface area contributed by atoms with E-state index < -0.39 is 11.9 Å². The van der Waals surface area contributed by atoms with E-state index in [0.29, 0.717) is 13.2 Å². The fourth-order valence-electron chi connectivity index (χ4n) is 2.95. The van der Waals surface area contributed by atoms with Crippen LogP contribution in [0.4, 0.5) is 9.18 Å². The van der Waals surface area contributed by atoms with E-state index in [9.17, 15) is 18.8 Å². The van der Waals surface area contributed by atoms with E-state index in [4.69, 9.17) is 4.74 Å². The Bertz CT molecular complexity index is 642. The van der Waals surface area contributed by atoms with Gasteiger partial charge in [0.05, 0.1) is 12.6 Å². The Hall–Kier alpha value is -2.48. The third-order valence-electron chi connectivity index (χ3n) is 4.32. The number of rotatable bonds is 6. The van der Waals surface area contributed by atoms with E-state index in [1.54, 1.807) is 17.0 Å². The topological polar surface area (TPSA) is 79.0 Å². The normalized spacial score (nSPS) is 20.0. The molecule has 1 N–H and O–H groups in total. The molecule has 1 unspecified atom stereocenters. The number of urea groups is 1. The van der Waals surface area contributed by atoms with E-state index in [1.165, 1.54) is 12.1 Å². The van der Waals surface area contributed by atoms with Crippen LogP contribution in [-0.2, 0) is 20.9 Å². The van der Waals surface area contributed by atoms with E-state index in [0.717, 1.165) is 23.3 Å². The van der Waals surface area contributed by atoms with Crippen molar-refractivity contribution in [2.75, 3.05) is 26.2 Å². The lowest BCUT2D eigenvalue weighted by atomic mass is 10.1. The van der Waals surface area contributed by atoms with Gasteiger partial charge in [-0.2, -0.15) is 0 Å². The Morgan fingerprint density at radius 3 is 2.68 bits per heavy atom. The molecule has 134 valence electrons. The lowest BCUT2D eigenvalue weighted by Crippen LogP contribution is -2.45. The smallest absolute Gasteiger partial charge is 0.325 e. The first-order chi connectivity index (χ1) is 12.0. The van der Waals surface area contributed by atoms with Gasteiger partial charge in [-0.05, 0) is 30.5 Å². The van der Waals surface area contributed by atoms with Crippen LogP contribution in [-0.4, -0.2) is 60.0 Å². The maximum absolute atomic E-state index is 13.1. The van der Waals surface area contributed by atoms with Crippen LogP contribution >= 0.6 is 0 Å². The minimum Gasteiger partial charge on any atom is -0.376 e. The fourth-order valence-corrected chi connectivity index (χ4v) is 2.95. The molecule has 2 fully saturated rings. The molecule has 3 rings (SSSR count). The van der Waals surface area contributed by atoms with Crippen molar-refractivity contribution in [3.63, 3.8) is 0 Å². The summed E-state index contributed by atoms with van der Waals surface area (Å²) in [6.07, 6.45) is 1.74. The summed E-state index contributed by atoms with van der Waals surface area (Å²) in [5, 5.41) is 2.39. The summed E-state index contributed by atoms with van der Waals surface area (Å²) in [6.45, 7) is 0.910. The van der Waals surface area contributed by atoms with Crippen LogP contribution in [0.5, 0.6) is 0 Å². The molecule has 7 nitrogen and oxygen atoms in total. The van der Waals surface area contributed by atoms with Crippen molar-refractivity contribution in [1.82, 2.24) is 15.1 Å². The predicted octanol–water partition coefficient (Wildman–Crippen LogP) is 0.885. The molecule has 0 bridgehead atoms. The van der Waals surface area contributed by atoms with Gasteiger partial charge in [-0.25, -0.2) is 9.18 Å². The predicted molar refractivity (Wildman–Crippen MR) is 85.9 cm³/mol. The Balaban J connectivity index is 1.69. The molecule has 1 aromatic carbocycles. The van der Waals surface area contributed by atoms with Crippen molar-refractivity contribution in [3.05, 3.63) is 35.6 Å². The van der Waals surface area contributed by atoms with Gasteiger partial charge in [0, 0.05) is 19.7 Å². The maximum atomic E-state index is 13.1. The highest BCUT2D eigenvalue weighted by molar-refractivity contribution is 6.04. The van der Waals surface area contributed by atoms with Crippen LogP contribution in [0, 0.1) is 5.82 Å². The molecule has 8 heteroatoms. The van der Waals surface area contributed by atoms with Crippen LogP contribution in [0.25, 0.3) is 0 Å². The highest BCUT2D eigenvalue weighted by Gasteiger charge is 2.32. The summed E-state index contributed by atoms with van der Waals surface area (Å²) >= 11 is 0. The van der Waals surface area contributed by atoms with Gasteiger partial charge in [0.1, 0.15) is 12.4 Å². The zero-order valence-electron chi connectivity index (χ0n) is 13.7. The zero-order valence-corrected chi connectivity index (χ0v) is 13.7. The lowest BCUT2D eigenvalue weighted by Gasteiger charge is -2.27. The van der Waals surface area contributed by atoms with E-state index >= 15 is 0 Å². The second-order valence-electron chi connectivity index (χ2n) is 6.17. The number of nitrogens with zero attached hydrogens (tertiary/aromatic N) is 2. The zero-order chi connectivity index (χ0) is 17.8. The van der Waals surface area contributed by atoms with Crippen molar-refractivity contribution in [2.45, 2.75) is 25.5 Å². The average molecular weight is 349 g/mol. The molecule has 0 radical (unpaired) electrons. The first-order valence-corrected chi connectivity index (χ1v) is 8.25. The summed E-state index contributed by atoms with van der Waals surface area (Å²) in [7, 11) is 0. The van der Waals surface area contributed by atoms with Crippen molar-refractivity contribution in [3.8, 4) is 0 Å². The fraction of sp³-hybridized carbons (Fsp3) is 0.471. The van der Waals surface area contributed by atoms with Gasteiger partial charge >= 0.3 is 6.03 Å². The minimum atomic E-state index is -0.558. The monoisotopic (exact) mass is 349 g/mol. The quantitative estimate of drug-likeness (QED) is 0.774. The number of hydrogen-bond acceptors (Lipinski definition) is 4. The molecule has 0 aliphatic carbocycles. The van der Waals surface area contributed by atoms with Gasteiger partial charge in [-0.3, -0.25) is 14.5 Å². The first kappa shape index (κ1) is 17.3. The molecular formula is C17H20FN3O4. The van der Waals surface area contributed by atoms with E-state index in [-0.39, 0.29) is 37.5 Å². The first-order valence-electron chi connectivity index (χ1n) is 8.25. The Morgan fingerprint density at radius 2 is 2.08 bits per heavy atom. The minimum absolute atomic E-state index is 0.0625. The number of carbonyl (C=O) groups excluding carboxylic acids is 3. The van der Waals surface area contributed by atoms with Gasteiger partial charge in [-0.1, -0.05) is 12.1 Å². The molecule has 0 saturated carbocycles. The second kappa shape index (κ2) is 7.60. The molecule has 2 saturated heterocycles. The second-order valence-corrected chi connectivity index (χ2v) is 6.17. The van der Waals surface area contributed by atoms with Crippen LogP contribution < -0.4 is 5.32 Å². The van der Waals surface area contributed by atoms with E-state index in [1.807, 2.05) is 0 Å². The van der Waals surface area contributed by atoms with Crippen LogP contribution in [0.3, 0.4) is 0 Å². The third-order valence-corrected chi connectivity index (χ3v) is 4.32. The van der Waals surface area contributed by atoms with Gasteiger partial charge in [-0.15, -0.1) is 0 Å². The van der Waals surface area contributed by atoms with Crippen molar-refractivity contribution < 1.29 is 23.5 Å². The Morgan fingerprint density at radius 1 is 1.32 bits per heavy atom. The van der Waals surface area contributed by atoms with Crippen LogP contribution in [0.1, 0.15) is 18.4 Å². The summed E-state index contributed by atoms with van der Waals surface area (Å²) < 4.78 is 18.7. The average Bonchev–Trinajstić information content (AvgIpc) is 3.21. The lowest BCUT2D eigenvalue weighted by molar-refractivity contribution is -0.138. The number of hydrogen-bond donors (Lipinski definition) is 1. The molecule has 2 heterocycles. The number of benzene rings is 1. The SMILES string of the molecule is O=C(CN1C(=O)CNC1=O)N(Cc1ccc(F)cc1)CC1CCCO1. The molecule has 2 aliphatic rings. The molecule has 1 aromatic rings. The molecule has 0 aromatic heterocycles. The molecule has 2 aliphatic heterocycles. The number of ether oxygens (including phenoxy) is 1. The standard InChI is InChI=1S/C17H20FN3O4/c18-13-5-3-12(4-6-13)9-20(10-14-2-1-7-25-14)16(23)11-21-15(22)8-19-17(21)24/h3-6,14H,1-2,7-11H2,(H,19,24). The van der Waals surface area contributed by atoms with E-state index in [2.05, 4.69) is 5.32 Å². The Kier molecular flexibility index (Phi) is 5.28.